The second-order valence-electron chi connectivity index (χ2n) is 11.7. The van der Waals surface area contributed by atoms with E-state index in [2.05, 4.69) is 10.6 Å². The first-order valence-electron chi connectivity index (χ1n) is 13.0. The lowest BCUT2D eigenvalue weighted by Gasteiger charge is -2.43. The molecule has 4 N–H and O–H groups in total. The van der Waals surface area contributed by atoms with E-state index in [-0.39, 0.29) is 0 Å². The summed E-state index contributed by atoms with van der Waals surface area (Å²) < 4.78 is 5.33. The highest BCUT2D eigenvalue weighted by Gasteiger charge is 2.43. The van der Waals surface area contributed by atoms with Crippen molar-refractivity contribution in [3.05, 3.63) is 64.7 Å². The summed E-state index contributed by atoms with van der Waals surface area (Å²) in [5.74, 6) is -1.86. The zero-order valence-corrected chi connectivity index (χ0v) is 24.5. The van der Waals surface area contributed by atoms with Crippen LogP contribution in [0.1, 0.15) is 76.3 Å². The van der Waals surface area contributed by atoms with Crippen LogP contribution in [0.5, 0.6) is 0 Å². The summed E-state index contributed by atoms with van der Waals surface area (Å²) >= 11 is 0. The maximum Gasteiger partial charge on any atom is 0.408 e. The van der Waals surface area contributed by atoms with Crippen LogP contribution in [0.25, 0.3) is 0 Å². The third-order valence-electron chi connectivity index (χ3n) is 6.21. The topological polar surface area (TPSA) is 131 Å². The third-order valence-corrected chi connectivity index (χ3v) is 6.21. The Labute approximate surface area is 231 Å². The number of carbonyl (C=O) groups is 4. The van der Waals surface area contributed by atoms with E-state index in [9.17, 15) is 19.2 Å². The van der Waals surface area contributed by atoms with Gasteiger partial charge in [-0.1, -0.05) is 36.4 Å². The molecule has 0 radical (unpaired) electrons. The summed E-state index contributed by atoms with van der Waals surface area (Å²) in [6, 6.07) is 10.5. The number of anilines is 1. The number of ether oxygens (including phenoxy) is 1. The highest BCUT2D eigenvalue weighted by Crippen LogP contribution is 2.34. The minimum atomic E-state index is -1.35. The van der Waals surface area contributed by atoms with Crippen molar-refractivity contribution in [1.29, 1.82) is 0 Å². The van der Waals surface area contributed by atoms with Crippen LogP contribution in [0.2, 0.25) is 0 Å². The molecule has 0 aliphatic carbocycles. The molecule has 0 fully saturated rings. The standard InChI is InChI=1S/C30H42N4O5/c1-18-14-12-15-21(20(18)3)25(26(36)32-22-16-11-10-13-19(22)2)34(29(4,5)6)27(37)23(17-24(31)35)33-28(38)39-30(7,8)9/h10-16,23,25H,17H2,1-9H3,(H2,31,35)(H,32,36)(H,33,38). The Bertz CT molecular complexity index is 1230. The van der Waals surface area contributed by atoms with Gasteiger partial charge < -0.3 is 26.0 Å². The number of nitrogens with two attached hydrogens (primary N) is 1. The Balaban J connectivity index is 2.67. The van der Waals surface area contributed by atoms with Crippen molar-refractivity contribution in [2.75, 3.05) is 5.32 Å². The van der Waals surface area contributed by atoms with Gasteiger partial charge in [-0.15, -0.1) is 0 Å². The van der Waals surface area contributed by atoms with Crippen LogP contribution in [0.3, 0.4) is 0 Å². The number of rotatable bonds is 8. The van der Waals surface area contributed by atoms with Gasteiger partial charge in [-0.25, -0.2) is 4.79 Å². The van der Waals surface area contributed by atoms with E-state index in [0.29, 0.717) is 11.3 Å². The quantitative estimate of drug-likeness (QED) is 0.449. The van der Waals surface area contributed by atoms with Crippen molar-refractivity contribution in [1.82, 2.24) is 10.2 Å². The highest BCUT2D eigenvalue weighted by molar-refractivity contribution is 6.00. The Morgan fingerprint density at radius 1 is 0.897 bits per heavy atom. The van der Waals surface area contributed by atoms with Crippen LogP contribution < -0.4 is 16.4 Å². The molecule has 2 unspecified atom stereocenters. The molecular weight excluding hydrogens is 496 g/mol. The fraction of sp³-hybridized carbons (Fsp3) is 0.467. The number of nitrogens with one attached hydrogen (secondary N) is 2. The van der Waals surface area contributed by atoms with Crippen molar-refractivity contribution in [2.45, 2.75) is 92.0 Å². The van der Waals surface area contributed by atoms with Crippen LogP contribution in [-0.4, -0.2) is 45.9 Å². The van der Waals surface area contributed by atoms with Crippen molar-refractivity contribution in [3.63, 3.8) is 0 Å². The number of primary amides is 1. The summed E-state index contributed by atoms with van der Waals surface area (Å²) in [7, 11) is 0. The monoisotopic (exact) mass is 538 g/mol. The predicted octanol–water partition coefficient (Wildman–Crippen LogP) is 4.69. The molecule has 0 saturated carbocycles. The molecule has 9 nitrogen and oxygen atoms in total. The van der Waals surface area contributed by atoms with Crippen LogP contribution in [0.15, 0.2) is 42.5 Å². The number of carbonyl (C=O) groups excluding carboxylic acids is 4. The van der Waals surface area contributed by atoms with Crippen molar-refractivity contribution in [2.24, 2.45) is 5.73 Å². The fourth-order valence-corrected chi connectivity index (χ4v) is 4.25. The van der Waals surface area contributed by atoms with Gasteiger partial charge >= 0.3 is 6.09 Å². The zero-order valence-electron chi connectivity index (χ0n) is 24.5. The zero-order chi connectivity index (χ0) is 29.7. The van der Waals surface area contributed by atoms with Gasteiger partial charge in [-0.2, -0.15) is 0 Å². The molecule has 0 aliphatic rings. The summed E-state index contributed by atoms with van der Waals surface area (Å²) in [5, 5.41) is 5.48. The fourth-order valence-electron chi connectivity index (χ4n) is 4.25. The number of hydrogen-bond acceptors (Lipinski definition) is 5. The maximum atomic E-state index is 14.2. The van der Waals surface area contributed by atoms with E-state index >= 15 is 0 Å². The van der Waals surface area contributed by atoms with Gasteiger partial charge in [0.2, 0.25) is 11.8 Å². The van der Waals surface area contributed by atoms with Gasteiger partial charge in [-0.05, 0) is 90.6 Å². The highest BCUT2D eigenvalue weighted by atomic mass is 16.6. The van der Waals surface area contributed by atoms with E-state index in [1.54, 1.807) is 53.7 Å². The average molecular weight is 539 g/mol. The number of amides is 4. The van der Waals surface area contributed by atoms with Crippen LogP contribution in [0, 0.1) is 20.8 Å². The second-order valence-corrected chi connectivity index (χ2v) is 11.7. The Hall–Kier alpha value is -3.88. The van der Waals surface area contributed by atoms with Gasteiger partial charge in [0, 0.05) is 11.2 Å². The molecule has 2 aromatic rings. The molecule has 0 spiro atoms. The summed E-state index contributed by atoms with van der Waals surface area (Å²) in [6.45, 7) is 16.1. The second kappa shape index (κ2) is 12.3. The van der Waals surface area contributed by atoms with Crippen LogP contribution >= 0.6 is 0 Å². The lowest BCUT2D eigenvalue weighted by molar-refractivity contribution is -0.147. The molecule has 9 heteroatoms. The molecule has 0 bridgehead atoms. The van der Waals surface area contributed by atoms with Gasteiger partial charge in [-0.3, -0.25) is 14.4 Å². The minimum absolute atomic E-state index is 0.434. The molecule has 0 aromatic heterocycles. The molecule has 4 amide bonds. The van der Waals surface area contributed by atoms with Crippen LogP contribution in [-0.2, 0) is 19.1 Å². The maximum absolute atomic E-state index is 14.2. The number of aryl methyl sites for hydroxylation is 2. The molecule has 2 aromatic carbocycles. The summed E-state index contributed by atoms with van der Waals surface area (Å²) in [5.41, 5.74) is 7.62. The Kier molecular flexibility index (Phi) is 9.90. The lowest BCUT2D eigenvalue weighted by Crippen LogP contribution is -2.58. The molecule has 212 valence electrons. The predicted molar refractivity (Wildman–Crippen MR) is 152 cm³/mol. The minimum Gasteiger partial charge on any atom is -0.444 e. The largest absolute Gasteiger partial charge is 0.444 e. The van der Waals surface area contributed by atoms with Crippen molar-refractivity contribution in [3.8, 4) is 0 Å². The van der Waals surface area contributed by atoms with Gasteiger partial charge in [0.05, 0.1) is 6.42 Å². The van der Waals surface area contributed by atoms with Crippen molar-refractivity contribution < 1.29 is 23.9 Å². The first-order valence-corrected chi connectivity index (χ1v) is 13.0. The molecule has 0 saturated heterocycles. The van der Waals surface area contributed by atoms with Crippen LogP contribution in [0.4, 0.5) is 10.5 Å². The lowest BCUT2D eigenvalue weighted by atomic mass is 9.91. The van der Waals surface area contributed by atoms with E-state index in [1.165, 1.54) is 4.90 Å². The first kappa shape index (κ1) is 31.3. The SMILES string of the molecule is Cc1ccccc1NC(=O)C(c1cccc(C)c1C)N(C(=O)C(CC(N)=O)NC(=O)OC(C)(C)C)C(C)(C)C. The van der Waals surface area contributed by atoms with E-state index in [0.717, 1.165) is 16.7 Å². The molecule has 39 heavy (non-hydrogen) atoms. The number of benzene rings is 2. The molecule has 0 aliphatic heterocycles. The van der Waals surface area contributed by atoms with E-state index in [1.807, 2.05) is 51.1 Å². The number of para-hydroxylation sites is 1. The van der Waals surface area contributed by atoms with E-state index in [4.69, 9.17) is 10.5 Å². The Morgan fingerprint density at radius 2 is 1.49 bits per heavy atom. The number of hydrogen-bond donors (Lipinski definition) is 3. The van der Waals surface area contributed by atoms with Gasteiger partial charge in [0.1, 0.15) is 17.7 Å². The average Bonchev–Trinajstić information content (AvgIpc) is 2.77. The number of nitrogens with zero attached hydrogens (tertiary/aromatic N) is 1. The van der Waals surface area contributed by atoms with Crippen molar-refractivity contribution >= 4 is 29.5 Å². The van der Waals surface area contributed by atoms with E-state index < -0.39 is 53.5 Å². The molecule has 0 heterocycles. The summed E-state index contributed by atoms with van der Waals surface area (Å²) in [4.78, 5) is 54.3. The normalized spacial score (nSPS) is 13.2. The van der Waals surface area contributed by atoms with Gasteiger partial charge in [0.25, 0.3) is 5.91 Å². The number of alkyl carbamates (subject to hydrolysis) is 1. The Morgan fingerprint density at radius 3 is 2.03 bits per heavy atom. The smallest absolute Gasteiger partial charge is 0.408 e. The third kappa shape index (κ3) is 8.56. The molecule has 2 atom stereocenters. The first-order chi connectivity index (χ1) is 17.9. The van der Waals surface area contributed by atoms with Gasteiger partial charge in [0.15, 0.2) is 0 Å². The summed E-state index contributed by atoms with van der Waals surface area (Å²) in [6.07, 6.45) is -1.34. The molecule has 2 rings (SSSR count). The molecular formula is C30H42N4O5.